The highest BCUT2D eigenvalue weighted by Gasteiger charge is 2.18. The van der Waals surface area contributed by atoms with Gasteiger partial charge in [0.2, 0.25) is 0 Å². The number of pyridine rings is 1. The number of anilines is 2. The molecule has 0 spiro atoms. The minimum atomic E-state index is 0.288. The lowest BCUT2D eigenvalue weighted by molar-refractivity contribution is 0.0531. The van der Waals surface area contributed by atoms with Crippen LogP contribution < -0.4 is 10.6 Å². The first-order valence-corrected chi connectivity index (χ1v) is 5.26. The quantitative estimate of drug-likeness (QED) is 0.751. The Labute approximate surface area is 90.0 Å². The van der Waals surface area contributed by atoms with E-state index >= 15 is 0 Å². The van der Waals surface area contributed by atoms with Crippen molar-refractivity contribution in [1.82, 2.24) is 4.98 Å². The molecule has 0 radical (unpaired) electrons. The molecule has 0 aliphatic carbocycles. The number of morpholine rings is 1. The lowest BCUT2D eigenvalue weighted by atomic mass is 10.2. The molecule has 2 heterocycles. The molecule has 1 unspecified atom stereocenters. The van der Waals surface area contributed by atoms with Gasteiger partial charge in [-0.05, 0) is 26.0 Å². The molecule has 15 heavy (non-hydrogen) atoms. The van der Waals surface area contributed by atoms with Gasteiger partial charge in [-0.2, -0.15) is 0 Å². The normalized spacial score (nSPS) is 21.7. The molecule has 2 rings (SSSR count). The maximum Gasteiger partial charge on any atom is 0.123 e. The molecule has 0 bridgehead atoms. The highest BCUT2D eigenvalue weighted by molar-refractivity contribution is 5.53. The molecule has 1 saturated heterocycles. The Hall–Kier alpha value is -1.29. The SMILES string of the molecule is Cc1nc(N)ccc1N1CCOC(C)C1. The van der Waals surface area contributed by atoms with Gasteiger partial charge >= 0.3 is 0 Å². The van der Waals surface area contributed by atoms with Crippen molar-refractivity contribution >= 4 is 11.5 Å². The average Bonchev–Trinajstić information content (AvgIpc) is 2.17. The Morgan fingerprint density at radius 1 is 1.53 bits per heavy atom. The standard InChI is InChI=1S/C11H17N3O/c1-8-7-14(5-6-15-8)10-3-4-11(12)13-9(10)2/h3-4,8H,5-7H2,1-2H3,(H2,12,13). The zero-order valence-corrected chi connectivity index (χ0v) is 9.23. The van der Waals surface area contributed by atoms with E-state index in [9.17, 15) is 0 Å². The average molecular weight is 207 g/mol. The molecule has 1 atom stereocenters. The van der Waals surface area contributed by atoms with E-state index in [1.54, 1.807) is 0 Å². The number of aryl methyl sites for hydroxylation is 1. The van der Waals surface area contributed by atoms with Gasteiger partial charge in [0, 0.05) is 13.1 Å². The van der Waals surface area contributed by atoms with Gasteiger partial charge in [0.1, 0.15) is 5.82 Å². The van der Waals surface area contributed by atoms with Crippen LogP contribution in [-0.2, 0) is 4.74 Å². The minimum Gasteiger partial charge on any atom is -0.384 e. The van der Waals surface area contributed by atoms with Crippen molar-refractivity contribution in [2.45, 2.75) is 20.0 Å². The van der Waals surface area contributed by atoms with Crippen LogP contribution in [0.5, 0.6) is 0 Å². The first-order chi connectivity index (χ1) is 7.16. The highest BCUT2D eigenvalue weighted by atomic mass is 16.5. The Balaban J connectivity index is 2.21. The van der Waals surface area contributed by atoms with Gasteiger partial charge < -0.3 is 15.4 Å². The summed E-state index contributed by atoms with van der Waals surface area (Å²) in [6.45, 7) is 6.71. The Kier molecular flexibility index (Phi) is 2.77. The fourth-order valence-corrected chi connectivity index (χ4v) is 1.94. The van der Waals surface area contributed by atoms with E-state index in [-0.39, 0.29) is 6.10 Å². The second kappa shape index (κ2) is 4.06. The second-order valence-corrected chi connectivity index (χ2v) is 3.97. The van der Waals surface area contributed by atoms with E-state index < -0.39 is 0 Å². The second-order valence-electron chi connectivity index (χ2n) is 3.97. The van der Waals surface area contributed by atoms with Gasteiger partial charge in [-0.1, -0.05) is 0 Å². The fraction of sp³-hybridized carbons (Fsp3) is 0.545. The molecule has 0 aromatic carbocycles. The molecule has 1 aromatic rings. The maximum absolute atomic E-state index is 5.63. The molecule has 0 amide bonds. The van der Waals surface area contributed by atoms with E-state index in [4.69, 9.17) is 10.5 Å². The molecule has 1 aliphatic rings. The Morgan fingerprint density at radius 2 is 2.33 bits per heavy atom. The molecule has 2 N–H and O–H groups in total. The predicted octanol–water partition coefficient (Wildman–Crippen LogP) is 1.20. The molecule has 82 valence electrons. The van der Waals surface area contributed by atoms with Crippen LogP contribution in [0.15, 0.2) is 12.1 Å². The van der Waals surface area contributed by atoms with Crippen molar-refractivity contribution < 1.29 is 4.74 Å². The van der Waals surface area contributed by atoms with Gasteiger partial charge in [-0.15, -0.1) is 0 Å². The summed E-state index contributed by atoms with van der Waals surface area (Å²) in [6.07, 6.45) is 0.288. The molecule has 1 aliphatic heterocycles. The van der Waals surface area contributed by atoms with E-state index in [1.165, 1.54) is 5.69 Å². The molecular formula is C11H17N3O. The van der Waals surface area contributed by atoms with E-state index in [0.717, 1.165) is 25.4 Å². The summed E-state index contributed by atoms with van der Waals surface area (Å²) in [5.41, 5.74) is 7.79. The molecule has 4 nitrogen and oxygen atoms in total. The Morgan fingerprint density at radius 3 is 3.00 bits per heavy atom. The predicted molar refractivity (Wildman–Crippen MR) is 61.0 cm³/mol. The molecular weight excluding hydrogens is 190 g/mol. The first-order valence-electron chi connectivity index (χ1n) is 5.26. The van der Waals surface area contributed by atoms with Crippen LogP contribution in [0.25, 0.3) is 0 Å². The molecule has 0 saturated carbocycles. The van der Waals surface area contributed by atoms with Crippen molar-refractivity contribution in [2.75, 3.05) is 30.3 Å². The summed E-state index contributed by atoms with van der Waals surface area (Å²) < 4.78 is 5.51. The smallest absolute Gasteiger partial charge is 0.123 e. The van der Waals surface area contributed by atoms with Crippen LogP contribution in [-0.4, -0.2) is 30.8 Å². The van der Waals surface area contributed by atoms with Gasteiger partial charge in [0.05, 0.1) is 24.1 Å². The maximum atomic E-state index is 5.63. The highest BCUT2D eigenvalue weighted by Crippen LogP contribution is 2.21. The summed E-state index contributed by atoms with van der Waals surface area (Å²) in [5.74, 6) is 0.581. The first kappa shape index (κ1) is 10.2. The van der Waals surface area contributed by atoms with Gasteiger partial charge in [-0.25, -0.2) is 4.98 Å². The van der Waals surface area contributed by atoms with Crippen molar-refractivity contribution in [1.29, 1.82) is 0 Å². The largest absolute Gasteiger partial charge is 0.384 e. The van der Waals surface area contributed by atoms with Crippen LogP contribution in [0.1, 0.15) is 12.6 Å². The van der Waals surface area contributed by atoms with E-state index in [0.29, 0.717) is 5.82 Å². The third-order valence-corrected chi connectivity index (χ3v) is 2.66. The number of rotatable bonds is 1. The van der Waals surface area contributed by atoms with Gasteiger partial charge in [-0.3, -0.25) is 0 Å². The number of aromatic nitrogens is 1. The van der Waals surface area contributed by atoms with Crippen molar-refractivity contribution in [3.05, 3.63) is 17.8 Å². The molecule has 4 heteroatoms. The zero-order chi connectivity index (χ0) is 10.8. The number of ether oxygens (including phenoxy) is 1. The van der Waals surface area contributed by atoms with Crippen molar-refractivity contribution in [3.8, 4) is 0 Å². The van der Waals surface area contributed by atoms with Crippen LogP contribution >= 0.6 is 0 Å². The summed E-state index contributed by atoms with van der Waals surface area (Å²) in [7, 11) is 0. The summed E-state index contributed by atoms with van der Waals surface area (Å²) >= 11 is 0. The summed E-state index contributed by atoms with van der Waals surface area (Å²) in [5, 5.41) is 0. The number of hydrogen-bond acceptors (Lipinski definition) is 4. The third kappa shape index (κ3) is 2.21. The van der Waals surface area contributed by atoms with Crippen molar-refractivity contribution in [3.63, 3.8) is 0 Å². The molecule has 1 aromatic heterocycles. The summed E-state index contributed by atoms with van der Waals surface area (Å²) in [6, 6.07) is 3.89. The van der Waals surface area contributed by atoms with Crippen LogP contribution in [0, 0.1) is 6.92 Å². The van der Waals surface area contributed by atoms with Crippen LogP contribution in [0.2, 0.25) is 0 Å². The topological polar surface area (TPSA) is 51.4 Å². The van der Waals surface area contributed by atoms with Crippen LogP contribution in [0.3, 0.4) is 0 Å². The van der Waals surface area contributed by atoms with E-state index in [1.807, 2.05) is 19.1 Å². The number of nitrogens with two attached hydrogens (primary N) is 1. The number of nitrogen functional groups attached to an aromatic ring is 1. The van der Waals surface area contributed by atoms with Crippen molar-refractivity contribution in [2.24, 2.45) is 0 Å². The van der Waals surface area contributed by atoms with Crippen LogP contribution in [0.4, 0.5) is 11.5 Å². The fourth-order valence-electron chi connectivity index (χ4n) is 1.94. The Bertz CT molecular complexity index is 354. The van der Waals surface area contributed by atoms with Gasteiger partial charge in [0.25, 0.3) is 0 Å². The summed E-state index contributed by atoms with van der Waals surface area (Å²) in [4.78, 5) is 6.57. The minimum absolute atomic E-state index is 0.288. The molecule has 1 fully saturated rings. The van der Waals surface area contributed by atoms with Gasteiger partial charge in [0.15, 0.2) is 0 Å². The number of nitrogens with zero attached hydrogens (tertiary/aromatic N) is 2. The lowest BCUT2D eigenvalue weighted by Crippen LogP contribution is -2.41. The lowest BCUT2D eigenvalue weighted by Gasteiger charge is -2.33. The van der Waals surface area contributed by atoms with E-state index in [2.05, 4.69) is 16.8 Å². The monoisotopic (exact) mass is 207 g/mol. The third-order valence-electron chi connectivity index (χ3n) is 2.66. The number of hydrogen-bond donors (Lipinski definition) is 1. The zero-order valence-electron chi connectivity index (χ0n) is 9.23.